The van der Waals surface area contributed by atoms with Crippen molar-refractivity contribution in [1.29, 1.82) is 5.26 Å². The molecule has 0 radical (unpaired) electrons. The van der Waals surface area contributed by atoms with Crippen LogP contribution in [0.15, 0.2) is 5.03 Å². The van der Waals surface area contributed by atoms with Crippen molar-refractivity contribution in [1.82, 2.24) is 15.3 Å². The number of aromatic nitrogens is 2. The van der Waals surface area contributed by atoms with E-state index in [1.165, 1.54) is 11.8 Å². The lowest BCUT2D eigenvalue weighted by atomic mass is 10.3. The van der Waals surface area contributed by atoms with E-state index >= 15 is 0 Å². The summed E-state index contributed by atoms with van der Waals surface area (Å²) in [5, 5.41) is 12.4. The Balaban J connectivity index is 2.13. The molecule has 0 aromatic carbocycles. The van der Waals surface area contributed by atoms with E-state index < -0.39 is 0 Å². The molecule has 1 N–H and O–H groups in total. The average molecular weight is 276 g/mol. The third kappa shape index (κ3) is 3.44. The predicted octanol–water partition coefficient (Wildman–Crippen LogP) is 1.72. The first kappa shape index (κ1) is 13.8. The molecule has 19 heavy (non-hydrogen) atoms. The molecule has 1 aliphatic carbocycles. The second kappa shape index (κ2) is 5.57. The summed E-state index contributed by atoms with van der Waals surface area (Å²) in [5.74, 6) is 0.624. The van der Waals surface area contributed by atoms with Gasteiger partial charge >= 0.3 is 0 Å². The van der Waals surface area contributed by atoms with Gasteiger partial charge in [0.1, 0.15) is 22.5 Å². The van der Waals surface area contributed by atoms with Crippen LogP contribution in [0.1, 0.15) is 36.8 Å². The molecule has 1 fully saturated rings. The molecule has 1 saturated carbocycles. The van der Waals surface area contributed by atoms with Gasteiger partial charge in [-0.25, -0.2) is 9.97 Å². The second-order valence-electron chi connectivity index (χ2n) is 4.69. The number of carbonyl (C=O) groups excluding carboxylic acids is 1. The molecule has 1 amide bonds. The summed E-state index contributed by atoms with van der Waals surface area (Å²) in [5.41, 5.74) is 1.12. The Morgan fingerprint density at radius 3 is 2.74 bits per heavy atom. The minimum atomic E-state index is -0.263. The van der Waals surface area contributed by atoms with E-state index in [0.29, 0.717) is 28.1 Å². The Bertz CT molecular complexity index is 548. The molecule has 1 aromatic heterocycles. The Labute approximate surface area is 116 Å². The maximum absolute atomic E-state index is 11.9. The maximum atomic E-state index is 11.9. The van der Waals surface area contributed by atoms with E-state index in [0.717, 1.165) is 12.8 Å². The maximum Gasteiger partial charge on any atom is 0.233 e. The SMILES string of the molecule is Cc1nc(C)c(C#N)c(S[C@H](C)C(=O)NC2CC2)n1. The number of nitrogens with zero attached hydrogens (tertiary/aromatic N) is 3. The van der Waals surface area contributed by atoms with Gasteiger partial charge in [-0.3, -0.25) is 4.79 Å². The summed E-state index contributed by atoms with van der Waals surface area (Å²) in [6, 6.07) is 2.46. The number of hydrogen-bond acceptors (Lipinski definition) is 5. The average Bonchev–Trinajstić information content (AvgIpc) is 3.12. The van der Waals surface area contributed by atoms with Crippen molar-refractivity contribution in [3.63, 3.8) is 0 Å². The van der Waals surface area contributed by atoms with Crippen LogP contribution in [0.4, 0.5) is 0 Å². The fraction of sp³-hybridized carbons (Fsp3) is 0.538. The van der Waals surface area contributed by atoms with Crippen LogP contribution in [0, 0.1) is 25.2 Å². The van der Waals surface area contributed by atoms with Crippen molar-refractivity contribution in [2.45, 2.75) is 49.9 Å². The van der Waals surface area contributed by atoms with Gasteiger partial charge in [-0.15, -0.1) is 0 Å². The zero-order valence-electron chi connectivity index (χ0n) is 11.2. The molecule has 0 aliphatic heterocycles. The highest BCUT2D eigenvalue weighted by Gasteiger charge is 2.26. The third-order valence-corrected chi connectivity index (χ3v) is 3.95. The number of carbonyl (C=O) groups is 1. The standard InChI is InChI=1S/C13H16N4OS/c1-7-11(6-14)13(16-9(3)15-7)19-8(2)12(18)17-10-4-5-10/h8,10H,4-5H2,1-3H3,(H,17,18)/t8-/m1/s1. The number of nitrogens with one attached hydrogen (secondary N) is 1. The van der Waals surface area contributed by atoms with Gasteiger partial charge in [0.15, 0.2) is 0 Å². The van der Waals surface area contributed by atoms with Crippen molar-refractivity contribution in [3.05, 3.63) is 17.1 Å². The quantitative estimate of drug-likeness (QED) is 0.669. The molecular formula is C13H16N4OS. The van der Waals surface area contributed by atoms with Crippen LogP contribution in [0.3, 0.4) is 0 Å². The van der Waals surface area contributed by atoms with E-state index in [9.17, 15) is 4.79 Å². The van der Waals surface area contributed by atoms with Gasteiger partial charge < -0.3 is 5.32 Å². The van der Waals surface area contributed by atoms with Gasteiger partial charge in [-0.2, -0.15) is 5.26 Å². The molecule has 100 valence electrons. The first-order chi connectivity index (χ1) is 9.01. The summed E-state index contributed by atoms with van der Waals surface area (Å²) < 4.78 is 0. The number of rotatable bonds is 4. The monoisotopic (exact) mass is 276 g/mol. The zero-order valence-corrected chi connectivity index (χ0v) is 12.0. The minimum absolute atomic E-state index is 0.00491. The van der Waals surface area contributed by atoms with Gasteiger partial charge in [0, 0.05) is 6.04 Å². The number of amides is 1. The topological polar surface area (TPSA) is 78.7 Å². The Morgan fingerprint density at radius 1 is 1.47 bits per heavy atom. The first-order valence-electron chi connectivity index (χ1n) is 6.23. The molecule has 0 saturated heterocycles. The fourth-order valence-corrected chi connectivity index (χ4v) is 2.67. The molecule has 0 bridgehead atoms. The fourth-order valence-electron chi connectivity index (χ4n) is 1.66. The van der Waals surface area contributed by atoms with Crippen LogP contribution >= 0.6 is 11.8 Å². The highest BCUT2D eigenvalue weighted by Crippen LogP contribution is 2.27. The highest BCUT2D eigenvalue weighted by molar-refractivity contribution is 8.00. The predicted molar refractivity (Wildman–Crippen MR) is 72.7 cm³/mol. The minimum Gasteiger partial charge on any atom is -0.352 e. The summed E-state index contributed by atoms with van der Waals surface area (Å²) in [4.78, 5) is 20.3. The molecule has 1 aliphatic rings. The molecule has 6 heteroatoms. The summed E-state index contributed by atoms with van der Waals surface area (Å²) in [7, 11) is 0. The third-order valence-electron chi connectivity index (χ3n) is 2.86. The molecule has 5 nitrogen and oxygen atoms in total. The molecular weight excluding hydrogens is 260 g/mol. The largest absolute Gasteiger partial charge is 0.352 e. The highest BCUT2D eigenvalue weighted by atomic mass is 32.2. The van der Waals surface area contributed by atoms with Crippen molar-refractivity contribution < 1.29 is 4.79 Å². The van der Waals surface area contributed by atoms with Crippen LogP contribution in [0.25, 0.3) is 0 Å². The smallest absolute Gasteiger partial charge is 0.233 e. The molecule has 1 aromatic rings. The van der Waals surface area contributed by atoms with Gasteiger partial charge in [-0.05, 0) is 33.6 Å². The second-order valence-corrected chi connectivity index (χ2v) is 6.02. The van der Waals surface area contributed by atoms with Gasteiger partial charge in [-0.1, -0.05) is 11.8 Å². The van der Waals surface area contributed by atoms with E-state index in [1.54, 1.807) is 13.8 Å². The van der Waals surface area contributed by atoms with Crippen LogP contribution in [0.5, 0.6) is 0 Å². The van der Waals surface area contributed by atoms with Crippen LogP contribution in [-0.4, -0.2) is 27.2 Å². The molecule has 1 heterocycles. The van der Waals surface area contributed by atoms with Crippen molar-refractivity contribution in [2.75, 3.05) is 0 Å². The van der Waals surface area contributed by atoms with Crippen LogP contribution in [0.2, 0.25) is 0 Å². The first-order valence-corrected chi connectivity index (χ1v) is 7.11. The molecule has 1 atom stereocenters. The van der Waals surface area contributed by atoms with Crippen molar-refractivity contribution >= 4 is 17.7 Å². The number of thioether (sulfide) groups is 1. The van der Waals surface area contributed by atoms with E-state index in [-0.39, 0.29) is 11.2 Å². The molecule has 0 spiro atoms. The van der Waals surface area contributed by atoms with Gasteiger partial charge in [0.25, 0.3) is 0 Å². The summed E-state index contributed by atoms with van der Waals surface area (Å²) in [6.45, 7) is 5.40. The zero-order chi connectivity index (χ0) is 14.0. The number of nitriles is 1. The lowest BCUT2D eigenvalue weighted by molar-refractivity contribution is -0.120. The van der Waals surface area contributed by atoms with Crippen molar-refractivity contribution in [3.8, 4) is 6.07 Å². The number of hydrogen-bond donors (Lipinski definition) is 1. The lowest BCUT2D eigenvalue weighted by Gasteiger charge is -2.12. The van der Waals surface area contributed by atoms with Gasteiger partial charge in [0.05, 0.1) is 10.9 Å². The Hall–Kier alpha value is -1.61. The lowest BCUT2D eigenvalue weighted by Crippen LogP contribution is -2.32. The van der Waals surface area contributed by atoms with E-state index in [4.69, 9.17) is 5.26 Å². The van der Waals surface area contributed by atoms with Gasteiger partial charge in [0.2, 0.25) is 5.91 Å². The van der Waals surface area contributed by atoms with E-state index in [1.807, 2.05) is 6.92 Å². The Kier molecular flexibility index (Phi) is 4.05. The van der Waals surface area contributed by atoms with Crippen molar-refractivity contribution in [2.24, 2.45) is 0 Å². The van der Waals surface area contributed by atoms with Crippen LogP contribution < -0.4 is 5.32 Å². The molecule has 0 unspecified atom stereocenters. The van der Waals surface area contributed by atoms with Crippen LogP contribution in [-0.2, 0) is 4.79 Å². The summed E-state index contributed by atoms with van der Waals surface area (Å²) >= 11 is 1.32. The van der Waals surface area contributed by atoms with E-state index in [2.05, 4.69) is 21.4 Å². The molecule has 2 rings (SSSR count). The number of aryl methyl sites for hydroxylation is 2. The summed E-state index contributed by atoms with van der Waals surface area (Å²) in [6.07, 6.45) is 2.14. The Morgan fingerprint density at radius 2 is 2.16 bits per heavy atom. The normalized spacial score (nSPS) is 15.7.